The summed E-state index contributed by atoms with van der Waals surface area (Å²) in [5.74, 6) is 1.12. The summed E-state index contributed by atoms with van der Waals surface area (Å²) in [6.07, 6.45) is 2.12. The minimum atomic E-state index is -0.339. The Labute approximate surface area is 158 Å². The third-order valence-electron chi connectivity index (χ3n) is 3.73. The molecule has 0 radical (unpaired) electrons. The largest absolute Gasteiger partial charge is 0.489 e. The van der Waals surface area contributed by atoms with Crippen molar-refractivity contribution >= 4 is 11.9 Å². The molecule has 0 saturated heterocycles. The standard InChI is InChI=1S/C19H25FN4O3/c1-3-15(27-16-7-4-6-14(20)10-16)11-23-19(21-2)24-13-18(25)22-12-17-8-5-9-26-17/h4-10,15H,3,11-13H2,1-2H3,(H,22,25)(H2,21,23,24). The molecule has 8 heteroatoms. The number of hydrogen-bond donors (Lipinski definition) is 3. The van der Waals surface area contributed by atoms with Crippen molar-refractivity contribution in [1.82, 2.24) is 16.0 Å². The summed E-state index contributed by atoms with van der Waals surface area (Å²) < 4.78 is 24.2. The van der Waals surface area contributed by atoms with E-state index >= 15 is 0 Å². The van der Waals surface area contributed by atoms with Crippen molar-refractivity contribution in [2.75, 3.05) is 20.1 Å². The molecule has 0 saturated carbocycles. The van der Waals surface area contributed by atoms with Crippen molar-refractivity contribution in [3.05, 3.63) is 54.2 Å². The number of hydrogen-bond acceptors (Lipinski definition) is 4. The molecular formula is C19H25FN4O3. The van der Waals surface area contributed by atoms with Crippen molar-refractivity contribution in [2.45, 2.75) is 26.0 Å². The van der Waals surface area contributed by atoms with Gasteiger partial charge in [0.25, 0.3) is 0 Å². The van der Waals surface area contributed by atoms with Gasteiger partial charge in [-0.15, -0.1) is 0 Å². The molecule has 146 valence electrons. The molecule has 0 spiro atoms. The van der Waals surface area contributed by atoms with Gasteiger partial charge in [0, 0.05) is 13.1 Å². The lowest BCUT2D eigenvalue weighted by Gasteiger charge is -2.20. The summed E-state index contributed by atoms with van der Waals surface area (Å²) in [5, 5.41) is 8.77. The van der Waals surface area contributed by atoms with Crippen molar-refractivity contribution in [2.24, 2.45) is 4.99 Å². The highest BCUT2D eigenvalue weighted by molar-refractivity contribution is 5.86. The molecule has 0 aliphatic carbocycles. The van der Waals surface area contributed by atoms with Crippen LogP contribution in [0.3, 0.4) is 0 Å². The minimum Gasteiger partial charge on any atom is -0.489 e. The van der Waals surface area contributed by atoms with Crippen LogP contribution in [0.5, 0.6) is 5.75 Å². The van der Waals surface area contributed by atoms with E-state index in [4.69, 9.17) is 9.15 Å². The zero-order valence-electron chi connectivity index (χ0n) is 15.5. The Morgan fingerprint density at radius 2 is 2.11 bits per heavy atom. The Kier molecular flexibility index (Phi) is 8.15. The Morgan fingerprint density at radius 3 is 2.78 bits per heavy atom. The van der Waals surface area contributed by atoms with Gasteiger partial charge in [-0.05, 0) is 30.7 Å². The van der Waals surface area contributed by atoms with E-state index in [1.54, 1.807) is 37.6 Å². The van der Waals surface area contributed by atoms with Gasteiger partial charge in [-0.2, -0.15) is 0 Å². The van der Waals surface area contributed by atoms with Gasteiger partial charge < -0.3 is 25.1 Å². The van der Waals surface area contributed by atoms with Gasteiger partial charge in [0.2, 0.25) is 5.91 Å². The molecule has 27 heavy (non-hydrogen) atoms. The zero-order chi connectivity index (χ0) is 19.5. The molecule has 0 fully saturated rings. The van der Waals surface area contributed by atoms with Crippen LogP contribution >= 0.6 is 0 Å². The third-order valence-corrected chi connectivity index (χ3v) is 3.73. The highest BCUT2D eigenvalue weighted by Crippen LogP contribution is 2.14. The van der Waals surface area contributed by atoms with Crippen LogP contribution in [0.25, 0.3) is 0 Å². The van der Waals surface area contributed by atoms with Gasteiger partial charge in [0.1, 0.15) is 23.4 Å². The fourth-order valence-electron chi connectivity index (χ4n) is 2.26. The quantitative estimate of drug-likeness (QED) is 0.461. The zero-order valence-corrected chi connectivity index (χ0v) is 15.5. The Morgan fingerprint density at radius 1 is 1.26 bits per heavy atom. The Hall–Kier alpha value is -3.03. The van der Waals surface area contributed by atoms with Gasteiger partial charge in [0.15, 0.2) is 5.96 Å². The van der Waals surface area contributed by atoms with Gasteiger partial charge in [-0.3, -0.25) is 9.79 Å². The van der Waals surface area contributed by atoms with Gasteiger partial charge in [-0.25, -0.2) is 4.39 Å². The molecule has 7 nitrogen and oxygen atoms in total. The molecule has 1 atom stereocenters. The maximum atomic E-state index is 13.3. The number of guanidine groups is 1. The summed E-state index contributed by atoms with van der Waals surface area (Å²) in [5.41, 5.74) is 0. The number of amides is 1. The van der Waals surface area contributed by atoms with Crippen molar-refractivity contribution < 1.29 is 18.3 Å². The van der Waals surface area contributed by atoms with E-state index in [1.807, 2.05) is 6.92 Å². The van der Waals surface area contributed by atoms with Crippen LogP contribution in [0, 0.1) is 5.82 Å². The van der Waals surface area contributed by atoms with Crippen LogP contribution < -0.4 is 20.7 Å². The van der Waals surface area contributed by atoms with Crippen molar-refractivity contribution in [1.29, 1.82) is 0 Å². The summed E-state index contributed by atoms with van der Waals surface area (Å²) in [7, 11) is 1.62. The lowest BCUT2D eigenvalue weighted by molar-refractivity contribution is -0.120. The topological polar surface area (TPSA) is 87.9 Å². The molecule has 1 amide bonds. The number of nitrogens with zero attached hydrogens (tertiary/aromatic N) is 1. The normalized spacial score (nSPS) is 12.3. The summed E-state index contributed by atoms with van der Waals surface area (Å²) >= 11 is 0. The third kappa shape index (κ3) is 7.39. The smallest absolute Gasteiger partial charge is 0.239 e. The number of rotatable bonds is 9. The first-order valence-electron chi connectivity index (χ1n) is 8.76. The lowest BCUT2D eigenvalue weighted by atomic mass is 10.2. The van der Waals surface area contributed by atoms with Crippen LogP contribution in [-0.4, -0.2) is 38.1 Å². The molecule has 1 heterocycles. The fourth-order valence-corrected chi connectivity index (χ4v) is 2.26. The number of carbonyl (C=O) groups is 1. The molecule has 2 rings (SSSR count). The molecule has 0 bridgehead atoms. The van der Waals surface area contributed by atoms with Crippen LogP contribution in [0.2, 0.25) is 0 Å². The minimum absolute atomic E-state index is 0.0714. The van der Waals surface area contributed by atoms with E-state index < -0.39 is 0 Å². The second kappa shape index (κ2) is 10.8. The van der Waals surface area contributed by atoms with E-state index in [0.717, 1.165) is 6.42 Å². The number of carbonyl (C=O) groups excluding carboxylic acids is 1. The number of furan rings is 1. The highest BCUT2D eigenvalue weighted by atomic mass is 19.1. The summed E-state index contributed by atoms with van der Waals surface area (Å²) in [4.78, 5) is 15.9. The molecule has 1 aromatic carbocycles. The molecule has 0 aliphatic heterocycles. The predicted molar refractivity (Wildman–Crippen MR) is 101 cm³/mol. The maximum Gasteiger partial charge on any atom is 0.239 e. The average molecular weight is 376 g/mol. The first-order chi connectivity index (χ1) is 13.1. The average Bonchev–Trinajstić information content (AvgIpc) is 3.19. The first kappa shape index (κ1) is 20.3. The van der Waals surface area contributed by atoms with E-state index in [1.165, 1.54) is 12.1 Å². The van der Waals surface area contributed by atoms with Crippen molar-refractivity contribution in [3.8, 4) is 5.75 Å². The number of ether oxygens (including phenoxy) is 1. The van der Waals surface area contributed by atoms with Gasteiger partial charge >= 0.3 is 0 Å². The Bertz CT molecular complexity index is 734. The molecule has 1 aromatic heterocycles. The highest BCUT2D eigenvalue weighted by Gasteiger charge is 2.11. The monoisotopic (exact) mass is 376 g/mol. The first-order valence-corrected chi connectivity index (χ1v) is 8.76. The van der Waals surface area contributed by atoms with E-state index in [2.05, 4.69) is 20.9 Å². The lowest BCUT2D eigenvalue weighted by Crippen LogP contribution is -2.45. The Balaban J connectivity index is 1.72. The number of halogens is 1. The second-order valence-electron chi connectivity index (χ2n) is 5.77. The van der Waals surface area contributed by atoms with E-state index in [9.17, 15) is 9.18 Å². The second-order valence-corrected chi connectivity index (χ2v) is 5.77. The van der Waals surface area contributed by atoms with Gasteiger partial charge in [0.05, 0.1) is 25.9 Å². The van der Waals surface area contributed by atoms with E-state index in [0.29, 0.717) is 30.6 Å². The molecule has 2 aromatic rings. The summed E-state index contributed by atoms with van der Waals surface area (Å²) in [6.45, 7) is 2.84. The SMILES string of the molecule is CCC(CNC(=NC)NCC(=O)NCc1ccco1)Oc1cccc(F)c1. The maximum absolute atomic E-state index is 13.3. The summed E-state index contributed by atoms with van der Waals surface area (Å²) in [6, 6.07) is 9.59. The fraction of sp³-hybridized carbons (Fsp3) is 0.368. The van der Waals surface area contributed by atoms with Gasteiger partial charge in [-0.1, -0.05) is 13.0 Å². The van der Waals surface area contributed by atoms with Crippen LogP contribution in [0.4, 0.5) is 4.39 Å². The van der Waals surface area contributed by atoms with Crippen LogP contribution in [0.15, 0.2) is 52.1 Å². The molecule has 3 N–H and O–H groups in total. The molecular weight excluding hydrogens is 351 g/mol. The molecule has 0 aliphatic rings. The molecule has 1 unspecified atom stereocenters. The van der Waals surface area contributed by atoms with E-state index in [-0.39, 0.29) is 24.4 Å². The van der Waals surface area contributed by atoms with Crippen LogP contribution in [0.1, 0.15) is 19.1 Å². The number of nitrogens with one attached hydrogen (secondary N) is 3. The number of benzene rings is 1. The number of aliphatic imine (C=N–C) groups is 1. The van der Waals surface area contributed by atoms with Crippen molar-refractivity contribution in [3.63, 3.8) is 0 Å². The van der Waals surface area contributed by atoms with Crippen LogP contribution in [-0.2, 0) is 11.3 Å². The predicted octanol–water partition coefficient (Wildman–Crippen LogP) is 2.06.